The first-order valence-corrected chi connectivity index (χ1v) is 5.84. The van der Waals surface area contributed by atoms with E-state index >= 15 is 0 Å². The first kappa shape index (κ1) is 9.87. The predicted molar refractivity (Wildman–Crippen MR) is 60.1 cm³/mol. The van der Waals surface area contributed by atoms with Gasteiger partial charge in [-0.05, 0) is 37.7 Å². The lowest BCUT2D eigenvalue weighted by atomic mass is 9.94. The molecule has 2 N–H and O–H groups in total. The summed E-state index contributed by atoms with van der Waals surface area (Å²) in [4.78, 5) is 1.31. The fourth-order valence-electron chi connectivity index (χ4n) is 1.84. The van der Waals surface area contributed by atoms with Crippen LogP contribution >= 0.6 is 11.8 Å². The highest BCUT2D eigenvalue weighted by Gasteiger charge is 2.27. The Labute approximate surface area is 88.7 Å². The van der Waals surface area contributed by atoms with Crippen molar-refractivity contribution in [3.05, 3.63) is 23.8 Å². The molecule has 0 saturated heterocycles. The van der Waals surface area contributed by atoms with Crippen molar-refractivity contribution in [1.82, 2.24) is 5.32 Å². The Morgan fingerprint density at radius 1 is 1.57 bits per heavy atom. The van der Waals surface area contributed by atoms with E-state index in [-0.39, 0.29) is 0 Å². The molecule has 1 aliphatic rings. The van der Waals surface area contributed by atoms with Crippen LogP contribution in [-0.4, -0.2) is 23.9 Å². The molecule has 0 aromatic heterocycles. The second-order valence-corrected chi connectivity index (χ2v) is 4.78. The third-order valence-corrected chi connectivity index (χ3v) is 4.08. The van der Waals surface area contributed by atoms with Crippen LogP contribution in [0.3, 0.4) is 0 Å². The van der Waals surface area contributed by atoms with Gasteiger partial charge in [0.2, 0.25) is 0 Å². The van der Waals surface area contributed by atoms with Crippen molar-refractivity contribution < 1.29 is 5.11 Å². The molecule has 14 heavy (non-hydrogen) atoms. The van der Waals surface area contributed by atoms with Gasteiger partial charge in [-0.15, -0.1) is 11.8 Å². The zero-order valence-electron chi connectivity index (χ0n) is 8.45. The van der Waals surface area contributed by atoms with Crippen LogP contribution in [0, 0.1) is 0 Å². The van der Waals surface area contributed by atoms with Crippen molar-refractivity contribution in [2.45, 2.75) is 23.8 Å². The summed E-state index contributed by atoms with van der Waals surface area (Å²) in [7, 11) is 1.98. The standard InChI is InChI=1S/C11H15NOS/c1-7(12-2)10-6-14-11-4-3-8(13)5-9(10)11/h3-5,7,10,12-13H,6H2,1-2H3. The summed E-state index contributed by atoms with van der Waals surface area (Å²) in [6, 6.07) is 6.13. The topological polar surface area (TPSA) is 32.3 Å². The average molecular weight is 209 g/mol. The molecule has 0 radical (unpaired) electrons. The molecule has 1 aromatic carbocycles. The number of phenols is 1. The second kappa shape index (κ2) is 3.83. The SMILES string of the molecule is CNC(C)C1CSc2ccc(O)cc21. The third-order valence-electron chi connectivity index (χ3n) is 2.87. The van der Waals surface area contributed by atoms with E-state index in [1.54, 1.807) is 6.07 Å². The van der Waals surface area contributed by atoms with E-state index < -0.39 is 0 Å². The zero-order valence-corrected chi connectivity index (χ0v) is 9.27. The predicted octanol–water partition coefficient (Wildman–Crippen LogP) is 2.19. The van der Waals surface area contributed by atoms with Gasteiger partial charge in [-0.1, -0.05) is 0 Å². The van der Waals surface area contributed by atoms with Crippen molar-refractivity contribution in [3.63, 3.8) is 0 Å². The Morgan fingerprint density at radius 3 is 3.07 bits per heavy atom. The van der Waals surface area contributed by atoms with Crippen LogP contribution in [0.15, 0.2) is 23.1 Å². The molecule has 0 spiro atoms. The number of rotatable bonds is 2. The first-order chi connectivity index (χ1) is 6.72. The fourth-order valence-corrected chi connectivity index (χ4v) is 3.21. The van der Waals surface area contributed by atoms with Gasteiger partial charge in [-0.3, -0.25) is 0 Å². The average Bonchev–Trinajstić information content (AvgIpc) is 2.59. The van der Waals surface area contributed by atoms with Crippen LogP contribution in [0.4, 0.5) is 0 Å². The molecule has 76 valence electrons. The maximum absolute atomic E-state index is 9.44. The summed E-state index contributed by atoms with van der Waals surface area (Å²) in [5.41, 5.74) is 1.29. The highest BCUT2D eigenvalue weighted by Crippen LogP contribution is 2.42. The summed E-state index contributed by atoms with van der Waals surface area (Å²) >= 11 is 1.88. The molecular formula is C11H15NOS. The van der Waals surface area contributed by atoms with Gasteiger partial charge in [0, 0.05) is 22.6 Å². The largest absolute Gasteiger partial charge is 0.508 e. The molecule has 1 aliphatic heterocycles. The van der Waals surface area contributed by atoms with Gasteiger partial charge >= 0.3 is 0 Å². The smallest absolute Gasteiger partial charge is 0.115 e. The van der Waals surface area contributed by atoms with Crippen LogP contribution in [-0.2, 0) is 0 Å². The van der Waals surface area contributed by atoms with E-state index in [1.165, 1.54) is 10.5 Å². The normalized spacial score (nSPS) is 22.0. The molecule has 2 unspecified atom stereocenters. The summed E-state index contributed by atoms with van der Waals surface area (Å²) < 4.78 is 0. The third kappa shape index (κ3) is 1.62. The minimum absolute atomic E-state index is 0.375. The maximum atomic E-state index is 9.44. The van der Waals surface area contributed by atoms with E-state index in [4.69, 9.17) is 0 Å². The van der Waals surface area contributed by atoms with Gasteiger partial charge in [0.05, 0.1) is 0 Å². The van der Waals surface area contributed by atoms with Crippen molar-refractivity contribution >= 4 is 11.8 Å². The molecule has 0 amide bonds. The molecule has 3 heteroatoms. The Kier molecular flexibility index (Phi) is 2.70. The Balaban J connectivity index is 2.33. The Bertz CT molecular complexity index is 340. The molecule has 1 heterocycles. The summed E-state index contributed by atoms with van der Waals surface area (Å²) in [5, 5.41) is 12.7. The number of benzene rings is 1. The van der Waals surface area contributed by atoms with Gasteiger partial charge in [0.25, 0.3) is 0 Å². The van der Waals surface area contributed by atoms with Gasteiger partial charge < -0.3 is 10.4 Å². The molecule has 2 atom stereocenters. The Hall–Kier alpha value is -0.670. The number of hydrogen-bond donors (Lipinski definition) is 2. The van der Waals surface area contributed by atoms with Gasteiger partial charge in [0.1, 0.15) is 5.75 Å². The van der Waals surface area contributed by atoms with E-state index in [9.17, 15) is 5.11 Å². The zero-order chi connectivity index (χ0) is 10.1. The lowest BCUT2D eigenvalue weighted by Gasteiger charge is -2.18. The van der Waals surface area contributed by atoms with Crippen LogP contribution < -0.4 is 5.32 Å². The van der Waals surface area contributed by atoms with Crippen LogP contribution in [0.2, 0.25) is 0 Å². The highest BCUT2D eigenvalue weighted by atomic mass is 32.2. The van der Waals surface area contributed by atoms with Crippen LogP contribution in [0.5, 0.6) is 5.75 Å². The minimum atomic E-state index is 0.375. The molecule has 2 rings (SSSR count). The van der Waals surface area contributed by atoms with Crippen molar-refractivity contribution in [2.75, 3.05) is 12.8 Å². The molecule has 0 bridgehead atoms. The quantitative estimate of drug-likeness (QED) is 0.783. The fraction of sp³-hybridized carbons (Fsp3) is 0.455. The number of fused-ring (bicyclic) bond motifs is 1. The second-order valence-electron chi connectivity index (χ2n) is 3.72. The lowest BCUT2D eigenvalue weighted by molar-refractivity contribution is 0.470. The van der Waals surface area contributed by atoms with E-state index in [1.807, 2.05) is 30.9 Å². The first-order valence-electron chi connectivity index (χ1n) is 4.85. The highest BCUT2D eigenvalue weighted by molar-refractivity contribution is 7.99. The van der Waals surface area contributed by atoms with Crippen molar-refractivity contribution in [3.8, 4) is 5.75 Å². The lowest BCUT2D eigenvalue weighted by Crippen LogP contribution is -2.28. The van der Waals surface area contributed by atoms with Crippen LogP contribution in [0.25, 0.3) is 0 Å². The van der Waals surface area contributed by atoms with Crippen LogP contribution in [0.1, 0.15) is 18.4 Å². The number of likely N-dealkylation sites (N-methyl/N-ethyl adjacent to an activating group) is 1. The molecule has 0 saturated carbocycles. The summed E-state index contributed by atoms with van der Waals surface area (Å²) in [6.07, 6.45) is 0. The Morgan fingerprint density at radius 2 is 2.36 bits per heavy atom. The van der Waals surface area contributed by atoms with Crippen molar-refractivity contribution in [1.29, 1.82) is 0 Å². The molecule has 1 aromatic rings. The minimum Gasteiger partial charge on any atom is -0.508 e. The number of thioether (sulfide) groups is 1. The van der Waals surface area contributed by atoms with E-state index in [2.05, 4.69) is 12.2 Å². The summed E-state index contributed by atoms with van der Waals surface area (Å²) in [6.45, 7) is 2.18. The number of phenolic OH excluding ortho intramolecular Hbond substituents is 1. The van der Waals surface area contributed by atoms with E-state index in [0.29, 0.717) is 17.7 Å². The monoisotopic (exact) mass is 209 g/mol. The molecular weight excluding hydrogens is 194 g/mol. The maximum Gasteiger partial charge on any atom is 0.115 e. The van der Waals surface area contributed by atoms with Gasteiger partial charge in [0.15, 0.2) is 0 Å². The molecule has 2 nitrogen and oxygen atoms in total. The number of nitrogens with one attached hydrogen (secondary N) is 1. The number of aromatic hydroxyl groups is 1. The molecule has 0 aliphatic carbocycles. The van der Waals surface area contributed by atoms with Gasteiger partial charge in [-0.2, -0.15) is 0 Å². The van der Waals surface area contributed by atoms with Gasteiger partial charge in [-0.25, -0.2) is 0 Å². The van der Waals surface area contributed by atoms with E-state index in [0.717, 1.165) is 5.75 Å². The van der Waals surface area contributed by atoms with Crippen molar-refractivity contribution in [2.24, 2.45) is 0 Å². The summed E-state index contributed by atoms with van der Waals surface area (Å²) in [5.74, 6) is 2.01. The number of hydrogen-bond acceptors (Lipinski definition) is 3. The molecule has 0 fully saturated rings.